The Labute approximate surface area is 115 Å². The fourth-order valence-electron chi connectivity index (χ4n) is 2.61. The molecule has 5 heteroatoms. The average Bonchev–Trinajstić information content (AvgIpc) is 2.72. The highest BCUT2D eigenvalue weighted by molar-refractivity contribution is 5.97. The number of allylic oxidation sites excluding steroid dienone is 1. The first-order valence-electron chi connectivity index (χ1n) is 6.42. The number of fused-ring (bicyclic) bond motifs is 1. The summed E-state index contributed by atoms with van der Waals surface area (Å²) in [6.07, 6.45) is 0.428. The predicted octanol–water partition coefficient (Wildman–Crippen LogP) is 2.14. The number of hydrogen-bond donors (Lipinski definition) is 0. The second-order valence-corrected chi connectivity index (χ2v) is 4.95. The molecular formula is C15H13FO4. The predicted molar refractivity (Wildman–Crippen MR) is 66.9 cm³/mol. The van der Waals surface area contributed by atoms with Crippen LogP contribution in [-0.4, -0.2) is 18.0 Å². The maximum Gasteiger partial charge on any atom is 0.320 e. The summed E-state index contributed by atoms with van der Waals surface area (Å²) in [6, 6.07) is 9.36. The van der Waals surface area contributed by atoms with E-state index < -0.39 is 35.7 Å². The van der Waals surface area contributed by atoms with Crippen molar-refractivity contribution in [1.82, 2.24) is 0 Å². The van der Waals surface area contributed by atoms with Gasteiger partial charge in [-0.15, -0.1) is 0 Å². The molecule has 1 aromatic rings. The highest BCUT2D eigenvalue weighted by Crippen LogP contribution is 2.38. The van der Waals surface area contributed by atoms with E-state index in [4.69, 9.17) is 4.74 Å². The molecule has 0 aromatic heterocycles. The lowest BCUT2D eigenvalue weighted by Gasteiger charge is -2.25. The van der Waals surface area contributed by atoms with E-state index in [1.54, 1.807) is 0 Å². The van der Waals surface area contributed by atoms with Crippen molar-refractivity contribution in [2.45, 2.75) is 19.1 Å². The van der Waals surface area contributed by atoms with Gasteiger partial charge in [0.25, 0.3) is 0 Å². The van der Waals surface area contributed by atoms with Crippen LogP contribution in [-0.2, 0) is 25.7 Å². The number of carbonyl (C=O) groups excluding carboxylic acids is 2. The standard InChI is InChI=1S/C15H13FO4/c16-10-6-11-13(15(18)20-14(11)17)12(7-10)19-8-9-4-2-1-3-5-9/h1-5,7,11-13H,6,8H2/t11-,12-,13-/m1/s1. The third-order valence-electron chi connectivity index (χ3n) is 3.61. The number of cyclic esters (lactones) is 2. The van der Waals surface area contributed by atoms with Crippen molar-refractivity contribution >= 4 is 11.9 Å². The van der Waals surface area contributed by atoms with Crippen LogP contribution in [0.2, 0.25) is 0 Å². The Morgan fingerprint density at radius 3 is 2.70 bits per heavy atom. The first kappa shape index (κ1) is 13.0. The fourth-order valence-corrected chi connectivity index (χ4v) is 2.61. The molecule has 0 N–H and O–H groups in total. The summed E-state index contributed by atoms with van der Waals surface area (Å²) in [5.74, 6) is -3.20. The van der Waals surface area contributed by atoms with Gasteiger partial charge in [0.2, 0.25) is 0 Å². The van der Waals surface area contributed by atoms with Crippen LogP contribution < -0.4 is 0 Å². The Morgan fingerprint density at radius 2 is 1.95 bits per heavy atom. The molecule has 104 valence electrons. The van der Waals surface area contributed by atoms with Gasteiger partial charge in [-0.1, -0.05) is 30.3 Å². The smallest absolute Gasteiger partial charge is 0.320 e. The van der Waals surface area contributed by atoms with E-state index in [0.29, 0.717) is 0 Å². The Balaban J connectivity index is 1.76. The summed E-state index contributed by atoms with van der Waals surface area (Å²) in [7, 11) is 0. The molecule has 3 atom stereocenters. The van der Waals surface area contributed by atoms with Crippen LogP contribution in [0, 0.1) is 11.8 Å². The highest BCUT2D eigenvalue weighted by atomic mass is 19.1. The van der Waals surface area contributed by atoms with Crippen molar-refractivity contribution in [3.8, 4) is 0 Å². The lowest BCUT2D eigenvalue weighted by molar-refractivity contribution is -0.154. The minimum absolute atomic E-state index is 0.0829. The molecule has 2 aliphatic rings. The Morgan fingerprint density at radius 1 is 1.20 bits per heavy atom. The van der Waals surface area contributed by atoms with Crippen LogP contribution in [0.5, 0.6) is 0 Å². The number of carbonyl (C=O) groups is 2. The molecule has 20 heavy (non-hydrogen) atoms. The van der Waals surface area contributed by atoms with Gasteiger partial charge in [-0.2, -0.15) is 0 Å². The highest BCUT2D eigenvalue weighted by Gasteiger charge is 2.51. The molecule has 0 saturated carbocycles. The Bertz CT molecular complexity index is 566. The van der Waals surface area contributed by atoms with Crippen LogP contribution in [0.3, 0.4) is 0 Å². The van der Waals surface area contributed by atoms with Gasteiger partial charge < -0.3 is 9.47 Å². The van der Waals surface area contributed by atoms with Gasteiger partial charge in [0.05, 0.1) is 24.5 Å². The molecular weight excluding hydrogens is 263 g/mol. The fraction of sp³-hybridized carbons (Fsp3) is 0.333. The lowest BCUT2D eigenvalue weighted by atomic mass is 9.82. The first-order valence-corrected chi connectivity index (χ1v) is 6.42. The van der Waals surface area contributed by atoms with Gasteiger partial charge in [-0.3, -0.25) is 9.59 Å². The van der Waals surface area contributed by atoms with Gasteiger partial charge in [0.1, 0.15) is 5.92 Å². The van der Waals surface area contributed by atoms with Crippen LogP contribution in [0.15, 0.2) is 42.2 Å². The second-order valence-electron chi connectivity index (χ2n) is 4.95. The average molecular weight is 276 g/mol. The molecule has 1 heterocycles. The van der Waals surface area contributed by atoms with E-state index in [-0.39, 0.29) is 13.0 Å². The molecule has 1 aliphatic carbocycles. The van der Waals surface area contributed by atoms with Crippen molar-refractivity contribution in [2.75, 3.05) is 0 Å². The number of ether oxygens (including phenoxy) is 2. The molecule has 0 unspecified atom stereocenters. The zero-order valence-electron chi connectivity index (χ0n) is 10.6. The molecule has 1 aliphatic heterocycles. The van der Waals surface area contributed by atoms with Crippen molar-refractivity contribution in [3.63, 3.8) is 0 Å². The van der Waals surface area contributed by atoms with E-state index in [2.05, 4.69) is 4.74 Å². The summed E-state index contributed by atoms with van der Waals surface area (Å²) in [5.41, 5.74) is 0.918. The van der Waals surface area contributed by atoms with Gasteiger partial charge in [0.15, 0.2) is 0 Å². The summed E-state index contributed by atoms with van der Waals surface area (Å²) in [6.45, 7) is 0.250. The SMILES string of the molecule is O=C1OC(=O)[C@@H]2CC(F)=C[C@@H](OCc3ccccc3)[C@H]12. The minimum atomic E-state index is -0.757. The van der Waals surface area contributed by atoms with Crippen molar-refractivity contribution in [2.24, 2.45) is 11.8 Å². The second kappa shape index (κ2) is 5.17. The van der Waals surface area contributed by atoms with E-state index in [1.807, 2.05) is 30.3 Å². The topological polar surface area (TPSA) is 52.6 Å². The molecule has 3 rings (SSSR count). The molecule has 1 aromatic carbocycles. The van der Waals surface area contributed by atoms with E-state index in [0.717, 1.165) is 5.56 Å². The first-order chi connectivity index (χ1) is 9.65. The largest absolute Gasteiger partial charge is 0.393 e. The van der Waals surface area contributed by atoms with Crippen molar-refractivity contribution < 1.29 is 23.5 Å². The normalized spacial score (nSPS) is 28.9. The quantitative estimate of drug-likeness (QED) is 0.627. The number of benzene rings is 1. The maximum absolute atomic E-state index is 13.6. The molecule has 0 amide bonds. The summed E-state index contributed by atoms with van der Waals surface area (Å²) in [4.78, 5) is 23.2. The Kier molecular flexibility index (Phi) is 3.36. The van der Waals surface area contributed by atoms with Gasteiger partial charge in [-0.05, 0) is 11.6 Å². The number of rotatable bonds is 3. The number of halogens is 1. The maximum atomic E-state index is 13.6. The molecule has 4 nitrogen and oxygen atoms in total. The summed E-state index contributed by atoms with van der Waals surface area (Å²) in [5, 5.41) is 0. The van der Waals surface area contributed by atoms with Crippen LogP contribution in [0.4, 0.5) is 4.39 Å². The summed E-state index contributed by atoms with van der Waals surface area (Å²) < 4.78 is 23.7. The number of esters is 2. The third kappa shape index (κ3) is 2.36. The Hall–Kier alpha value is -2.01. The van der Waals surface area contributed by atoms with Crippen LogP contribution in [0.1, 0.15) is 12.0 Å². The third-order valence-corrected chi connectivity index (χ3v) is 3.61. The van der Waals surface area contributed by atoms with E-state index in [1.165, 1.54) is 6.08 Å². The minimum Gasteiger partial charge on any atom is -0.393 e. The molecule has 0 bridgehead atoms. The zero-order chi connectivity index (χ0) is 14.1. The van der Waals surface area contributed by atoms with E-state index >= 15 is 0 Å². The van der Waals surface area contributed by atoms with Crippen molar-refractivity contribution in [3.05, 3.63) is 47.8 Å². The van der Waals surface area contributed by atoms with Gasteiger partial charge in [-0.25, -0.2) is 4.39 Å². The van der Waals surface area contributed by atoms with Crippen LogP contribution >= 0.6 is 0 Å². The van der Waals surface area contributed by atoms with Gasteiger partial charge in [0, 0.05) is 6.42 Å². The van der Waals surface area contributed by atoms with Gasteiger partial charge >= 0.3 is 11.9 Å². The lowest BCUT2D eigenvalue weighted by Crippen LogP contribution is -2.34. The molecule has 0 spiro atoms. The van der Waals surface area contributed by atoms with Crippen LogP contribution in [0.25, 0.3) is 0 Å². The number of hydrogen-bond acceptors (Lipinski definition) is 4. The monoisotopic (exact) mass is 276 g/mol. The zero-order valence-corrected chi connectivity index (χ0v) is 10.6. The molecule has 1 saturated heterocycles. The molecule has 1 fully saturated rings. The van der Waals surface area contributed by atoms with E-state index in [9.17, 15) is 14.0 Å². The van der Waals surface area contributed by atoms with Crippen molar-refractivity contribution in [1.29, 1.82) is 0 Å². The molecule has 0 radical (unpaired) electrons. The summed E-state index contributed by atoms with van der Waals surface area (Å²) >= 11 is 0.